The first-order valence-corrected chi connectivity index (χ1v) is 8.04. The third-order valence-electron chi connectivity index (χ3n) is 5.01. The number of carbonyl (C=O) groups excluding carboxylic acids is 1. The highest BCUT2D eigenvalue weighted by atomic mass is 16.1. The summed E-state index contributed by atoms with van der Waals surface area (Å²) < 4.78 is 2.07. The molecular weight excluding hydrogens is 250 g/mol. The lowest BCUT2D eigenvalue weighted by Crippen LogP contribution is -2.46. The van der Waals surface area contributed by atoms with Gasteiger partial charge in [0.15, 0.2) is 5.78 Å². The topological polar surface area (TPSA) is 60.9 Å². The molecule has 1 aromatic heterocycles. The second-order valence-corrected chi connectivity index (χ2v) is 6.54. The number of Topliss-reactive ketones (excluding diaryl/α,β-unsaturated/α-hetero) is 1. The van der Waals surface area contributed by atoms with Crippen molar-refractivity contribution >= 4 is 5.78 Å². The lowest BCUT2D eigenvalue weighted by atomic mass is 9.91. The third-order valence-corrected chi connectivity index (χ3v) is 5.01. The van der Waals surface area contributed by atoms with Crippen LogP contribution in [-0.4, -0.2) is 21.1 Å². The molecule has 20 heavy (non-hydrogen) atoms. The molecule has 0 radical (unpaired) electrons. The average molecular weight is 275 g/mol. The minimum atomic E-state index is -0.575. The van der Waals surface area contributed by atoms with E-state index in [2.05, 4.69) is 9.78 Å². The van der Waals surface area contributed by atoms with E-state index in [-0.39, 0.29) is 5.78 Å². The summed E-state index contributed by atoms with van der Waals surface area (Å²) in [5.41, 5.74) is 6.53. The molecule has 3 rings (SSSR count). The lowest BCUT2D eigenvalue weighted by molar-refractivity contribution is -0.123. The molecule has 0 spiro atoms. The molecule has 0 bridgehead atoms. The Kier molecular flexibility index (Phi) is 3.92. The summed E-state index contributed by atoms with van der Waals surface area (Å²) in [5, 5.41) is 4.62. The van der Waals surface area contributed by atoms with Crippen LogP contribution in [0.1, 0.15) is 69.5 Å². The molecule has 0 atom stereocenters. The zero-order valence-corrected chi connectivity index (χ0v) is 12.2. The van der Waals surface area contributed by atoms with Gasteiger partial charge in [-0.15, -0.1) is 0 Å². The quantitative estimate of drug-likeness (QED) is 0.919. The van der Waals surface area contributed by atoms with Crippen molar-refractivity contribution in [2.45, 2.75) is 75.8 Å². The fourth-order valence-corrected chi connectivity index (χ4v) is 3.65. The van der Waals surface area contributed by atoms with Gasteiger partial charge >= 0.3 is 0 Å². The molecular formula is C16H25N3O. The SMILES string of the molecule is NC1(C(=O)Cc2ccn(C3CCCCC3)n2)CCCC1. The summed E-state index contributed by atoms with van der Waals surface area (Å²) >= 11 is 0. The monoisotopic (exact) mass is 275 g/mol. The minimum absolute atomic E-state index is 0.170. The van der Waals surface area contributed by atoms with Gasteiger partial charge in [-0.3, -0.25) is 9.48 Å². The van der Waals surface area contributed by atoms with Gasteiger partial charge in [0.1, 0.15) is 0 Å². The molecule has 110 valence electrons. The number of rotatable bonds is 4. The van der Waals surface area contributed by atoms with Gasteiger partial charge in [-0.2, -0.15) is 5.10 Å². The number of nitrogens with two attached hydrogens (primary N) is 1. The molecule has 0 aliphatic heterocycles. The Morgan fingerprint density at radius 3 is 2.65 bits per heavy atom. The fourth-order valence-electron chi connectivity index (χ4n) is 3.65. The number of carbonyl (C=O) groups is 1. The van der Waals surface area contributed by atoms with Crippen LogP contribution in [0, 0.1) is 0 Å². The number of ketones is 1. The first kappa shape index (κ1) is 13.8. The molecule has 4 heteroatoms. The van der Waals surface area contributed by atoms with Crippen molar-refractivity contribution in [3.05, 3.63) is 18.0 Å². The summed E-state index contributed by atoms with van der Waals surface area (Å²) in [7, 11) is 0. The van der Waals surface area contributed by atoms with Crippen LogP contribution in [0.25, 0.3) is 0 Å². The van der Waals surface area contributed by atoms with Gasteiger partial charge in [-0.05, 0) is 31.7 Å². The summed E-state index contributed by atoms with van der Waals surface area (Å²) in [5.74, 6) is 0.170. The van der Waals surface area contributed by atoms with Gasteiger partial charge in [-0.1, -0.05) is 32.1 Å². The Labute approximate surface area is 120 Å². The predicted molar refractivity (Wildman–Crippen MR) is 78.4 cm³/mol. The van der Waals surface area contributed by atoms with Crippen LogP contribution in [0.2, 0.25) is 0 Å². The first-order valence-electron chi connectivity index (χ1n) is 8.04. The van der Waals surface area contributed by atoms with Crippen LogP contribution in [-0.2, 0) is 11.2 Å². The molecule has 0 unspecified atom stereocenters. The zero-order valence-electron chi connectivity index (χ0n) is 12.2. The van der Waals surface area contributed by atoms with Gasteiger partial charge in [0.05, 0.1) is 23.7 Å². The molecule has 0 amide bonds. The minimum Gasteiger partial charge on any atom is -0.319 e. The van der Waals surface area contributed by atoms with Gasteiger partial charge in [0.25, 0.3) is 0 Å². The molecule has 0 saturated heterocycles. The van der Waals surface area contributed by atoms with Crippen LogP contribution < -0.4 is 5.73 Å². The molecule has 1 aromatic rings. The van der Waals surface area contributed by atoms with Gasteiger partial charge in [0.2, 0.25) is 0 Å². The van der Waals surface area contributed by atoms with E-state index in [0.717, 1.165) is 31.4 Å². The van der Waals surface area contributed by atoms with E-state index < -0.39 is 5.54 Å². The van der Waals surface area contributed by atoms with Crippen molar-refractivity contribution in [1.82, 2.24) is 9.78 Å². The highest BCUT2D eigenvalue weighted by Crippen LogP contribution is 2.30. The standard InChI is InChI=1S/C16H25N3O/c17-16(9-4-5-10-16)15(20)12-13-8-11-19(18-13)14-6-2-1-3-7-14/h8,11,14H,1-7,9-10,12,17H2. The van der Waals surface area contributed by atoms with Gasteiger partial charge < -0.3 is 5.73 Å². The van der Waals surface area contributed by atoms with Crippen LogP contribution in [0.4, 0.5) is 0 Å². The maximum Gasteiger partial charge on any atom is 0.158 e. The van der Waals surface area contributed by atoms with Gasteiger partial charge in [0, 0.05) is 6.20 Å². The van der Waals surface area contributed by atoms with Crippen molar-refractivity contribution < 1.29 is 4.79 Å². The lowest BCUT2D eigenvalue weighted by Gasteiger charge is -2.22. The summed E-state index contributed by atoms with van der Waals surface area (Å²) in [6.45, 7) is 0. The summed E-state index contributed by atoms with van der Waals surface area (Å²) in [4.78, 5) is 12.3. The average Bonchev–Trinajstić information content (AvgIpc) is 3.10. The number of nitrogens with zero attached hydrogens (tertiary/aromatic N) is 2. The molecule has 2 fully saturated rings. The van der Waals surface area contributed by atoms with Crippen LogP contribution in [0.5, 0.6) is 0 Å². The smallest absolute Gasteiger partial charge is 0.158 e. The molecule has 2 saturated carbocycles. The fraction of sp³-hybridized carbons (Fsp3) is 0.750. The van der Waals surface area contributed by atoms with E-state index in [1.165, 1.54) is 32.1 Å². The molecule has 2 aliphatic carbocycles. The van der Waals surface area contributed by atoms with E-state index in [0.29, 0.717) is 12.5 Å². The number of aromatic nitrogens is 2. The zero-order chi connectivity index (χ0) is 14.0. The Hall–Kier alpha value is -1.16. The number of hydrogen-bond donors (Lipinski definition) is 1. The van der Waals surface area contributed by atoms with E-state index >= 15 is 0 Å². The molecule has 0 aromatic carbocycles. The van der Waals surface area contributed by atoms with E-state index in [9.17, 15) is 4.79 Å². The Morgan fingerprint density at radius 2 is 1.95 bits per heavy atom. The van der Waals surface area contributed by atoms with Crippen molar-refractivity contribution in [3.8, 4) is 0 Å². The van der Waals surface area contributed by atoms with Gasteiger partial charge in [-0.25, -0.2) is 0 Å². The van der Waals surface area contributed by atoms with Crippen LogP contribution >= 0.6 is 0 Å². The summed E-state index contributed by atoms with van der Waals surface area (Å²) in [6.07, 6.45) is 12.7. The normalized spacial score (nSPS) is 23.1. The number of hydrogen-bond acceptors (Lipinski definition) is 3. The van der Waals surface area contributed by atoms with Crippen molar-refractivity contribution in [3.63, 3.8) is 0 Å². The van der Waals surface area contributed by atoms with Crippen LogP contribution in [0.3, 0.4) is 0 Å². The van der Waals surface area contributed by atoms with Crippen molar-refractivity contribution in [1.29, 1.82) is 0 Å². The molecule has 2 aliphatic rings. The Bertz CT molecular complexity index is 468. The van der Waals surface area contributed by atoms with E-state index in [4.69, 9.17) is 5.73 Å². The maximum atomic E-state index is 12.3. The third kappa shape index (κ3) is 2.80. The summed E-state index contributed by atoms with van der Waals surface area (Å²) in [6, 6.07) is 2.52. The Balaban J connectivity index is 1.63. The highest BCUT2D eigenvalue weighted by molar-refractivity contribution is 5.89. The highest BCUT2D eigenvalue weighted by Gasteiger charge is 2.36. The van der Waals surface area contributed by atoms with E-state index in [1.807, 2.05) is 12.3 Å². The molecule has 4 nitrogen and oxygen atoms in total. The maximum absolute atomic E-state index is 12.3. The largest absolute Gasteiger partial charge is 0.319 e. The van der Waals surface area contributed by atoms with Crippen molar-refractivity contribution in [2.24, 2.45) is 5.73 Å². The Morgan fingerprint density at radius 1 is 1.25 bits per heavy atom. The second kappa shape index (κ2) is 5.68. The predicted octanol–water partition coefficient (Wildman–Crippen LogP) is 2.77. The second-order valence-electron chi connectivity index (χ2n) is 6.54. The van der Waals surface area contributed by atoms with Crippen molar-refractivity contribution in [2.75, 3.05) is 0 Å². The van der Waals surface area contributed by atoms with Crippen LogP contribution in [0.15, 0.2) is 12.3 Å². The molecule has 1 heterocycles. The first-order chi connectivity index (χ1) is 9.67. The van der Waals surface area contributed by atoms with E-state index in [1.54, 1.807) is 0 Å². The molecule has 2 N–H and O–H groups in total.